The smallest absolute Gasteiger partial charge is 0.394 e. The fourth-order valence-corrected chi connectivity index (χ4v) is 2.75. The van der Waals surface area contributed by atoms with Gasteiger partial charge in [-0.15, -0.1) is 0 Å². The molecule has 4 N–H and O–H groups in total. The molecule has 0 saturated carbocycles. The van der Waals surface area contributed by atoms with Crippen LogP contribution in [-0.4, -0.2) is 49.9 Å². The molecular formula is C12H18NO7P. The number of hydrogen-bond acceptors (Lipinski definition) is 5. The van der Waals surface area contributed by atoms with Crippen LogP contribution in [0.15, 0.2) is 30.3 Å². The Kier molecular flexibility index (Phi) is 5.48. The molecule has 2 rings (SSSR count). The number of aliphatic hydroxyl groups is 2. The predicted molar refractivity (Wildman–Crippen MR) is 71.5 cm³/mol. The first-order valence-electron chi connectivity index (χ1n) is 6.38. The lowest BCUT2D eigenvalue weighted by Crippen LogP contribution is -2.33. The molecule has 0 radical (unpaired) electrons. The van der Waals surface area contributed by atoms with Crippen molar-refractivity contribution < 1.29 is 34.1 Å². The van der Waals surface area contributed by atoms with Gasteiger partial charge in [-0.05, 0) is 5.56 Å². The Bertz CT molecular complexity index is 494. The zero-order chi connectivity index (χ0) is 15.5. The maximum Gasteiger partial charge on any atom is 0.428 e. The van der Waals surface area contributed by atoms with Crippen LogP contribution in [0.4, 0.5) is 0 Å². The molecule has 1 aromatic rings. The highest BCUT2D eigenvalue weighted by Gasteiger charge is 2.43. The molecule has 1 fully saturated rings. The molecule has 1 aromatic carbocycles. The average Bonchev–Trinajstić information content (AvgIpc) is 2.79. The van der Waals surface area contributed by atoms with Crippen molar-refractivity contribution >= 4 is 7.75 Å². The van der Waals surface area contributed by atoms with Crippen LogP contribution in [0.25, 0.3) is 0 Å². The van der Waals surface area contributed by atoms with Crippen molar-refractivity contribution in [3.05, 3.63) is 35.9 Å². The summed E-state index contributed by atoms with van der Waals surface area (Å²) in [6, 6.07) is 8.86. The Labute approximate surface area is 121 Å². The van der Waals surface area contributed by atoms with E-state index < -0.39 is 32.8 Å². The molecule has 0 aliphatic carbocycles. The van der Waals surface area contributed by atoms with Crippen LogP contribution < -0.4 is 0 Å². The third kappa shape index (κ3) is 4.32. The van der Waals surface area contributed by atoms with E-state index in [1.165, 1.54) is 0 Å². The summed E-state index contributed by atoms with van der Waals surface area (Å²) in [6.45, 7) is -0.489. The van der Waals surface area contributed by atoms with Crippen molar-refractivity contribution in [1.29, 1.82) is 0 Å². The summed E-state index contributed by atoms with van der Waals surface area (Å²) in [5.41, 5.74) is 0.730. The Morgan fingerprint density at radius 3 is 2.52 bits per heavy atom. The Balaban J connectivity index is 2.04. The maximum atomic E-state index is 11.5. The molecule has 1 aliphatic heterocycles. The van der Waals surface area contributed by atoms with E-state index in [1.807, 2.05) is 6.07 Å². The second-order valence-corrected chi connectivity index (χ2v) is 6.11. The lowest BCUT2D eigenvalue weighted by atomic mass is 10.2. The van der Waals surface area contributed by atoms with E-state index in [4.69, 9.17) is 14.7 Å². The second-order valence-electron chi connectivity index (χ2n) is 4.69. The predicted octanol–water partition coefficient (Wildman–Crippen LogP) is -0.0189. The first-order valence-corrected chi connectivity index (χ1v) is 7.95. The lowest BCUT2D eigenvalue weighted by molar-refractivity contribution is -0.210. The molecule has 9 heteroatoms. The summed E-state index contributed by atoms with van der Waals surface area (Å²) in [4.78, 5) is 24.3. The third-order valence-corrected chi connectivity index (χ3v) is 3.98. The summed E-state index contributed by atoms with van der Waals surface area (Å²) in [5, 5.41) is 18.6. The van der Waals surface area contributed by atoms with Gasteiger partial charge in [-0.1, -0.05) is 35.2 Å². The van der Waals surface area contributed by atoms with E-state index in [1.54, 1.807) is 24.3 Å². The SMILES string of the molecule is O=P(O)(O)N(OCc1ccccc1)C1C[C@H](O)[C@@H](CO)O1. The summed E-state index contributed by atoms with van der Waals surface area (Å²) < 4.78 is 16.7. The molecule has 0 aromatic heterocycles. The van der Waals surface area contributed by atoms with Crippen molar-refractivity contribution in [3.8, 4) is 0 Å². The van der Waals surface area contributed by atoms with Crippen LogP contribution in [0.2, 0.25) is 0 Å². The summed E-state index contributed by atoms with van der Waals surface area (Å²) in [7, 11) is -4.73. The van der Waals surface area contributed by atoms with Crippen molar-refractivity contribution in [2.75, 3.05) is 6.61 Å². The molecule has 1 unspecified atom stereocenters. The monoisotopic (exact) mass is 319 g/mol. The molecule has 118 valence electrons. The number of hydroxylamine groups is 1. The van der Waals surface area contributed by atoms with E-state index in [9.17, 15) is 19.5 Å². The van der Waals surface area contributed by atoms with Crippen LogP contribution in [0.3, 0.4) is 0 Å². The van der Waals surface area contributed by atoms with Crippen molar-refractivity contribution in [2.45, 2.75) is 31.5 Å². The van der Waals surface area contributed by atoms with Gasteiger partial charge in [0.05, 0.1) is 19.3 Å². The van der Waals surface area contributed by atoms with Crippen LogP contribution >= 0.6 is 7.75 Å². The zero-order valence-electron chi connectivity index (χ0n) is 11.1. The molecule has 0 bridgehead atoms. The highest BCUT2D eigenvalue weighted by Crippen LogP contribution is 2.45. The van der Waals surface area contributed by atoms with Gasteiger partial charge in [-0.25, -0.2) is 4.57 Å². The summed E-state index contributed by atoms with van der Waals surface area (Å²) in [6.07, 6.45) is -3.08. The number of benzene rings is 1. The second kappa shape index (κ2) is 6.95. The minimum atomic E-state index is -4.73. The fourth-order valence-electron chi connectivity index (χ4n) is 2.05. The normalized spacial score (nSPS) is 26.4. The molecule has 0 spiro atoms. The molecule has 1 heterocycles. The zero-order valence-corrected chi connectivity index (χ0v) is 12.0. The van der Waals surface area contributed by atoms with Crippen LogP contribution in [-0.2, 0) is 20.7 Å². The molecule has 3 atom stereocenters. The van der Waals surface area contributed by atoms with Crippen LogP contribution in [0.1, 0.15) is 12.0 Å². The van der Waals surface area contributed by atoms with Gasteiger partial charge in [0.15, 0.2) is 0 Å². The first kappa shape index (κ1) is 16.5. The molecule has 0 amide bonds. The summed E-state index contributed by atoms with van der Waals surface area (Å²) in [5.74, 6) is 0. The Morgan fingerprint density at radius 2 is 2.00 bits per heavy atom. The standard InChI is InChI=1S/C12H18NO7P/c14-7-11-10(15)6-12(20-11)13(21(16,17)18)19-8-9-4-2-1-3-5-9/h1-5,10-12,14-15H,6-8H2,(H2,16,17,18)/t10-,11+,12?/m0/s1. The Hall–Kier alpha value is -0.830. The van der Waals surface area contributed by atoms with Gasteiger partial charge in [0.2, 0.25) is 0 Å². The maximum absolute atomic E-state index is 11.5. The Morgan fingerprint density at radius 1 is 1.33 bits per heavy atom. The molecular weight excluding hydrogens is 301 g/mol. The minimum absolute atomic E-state index is 0.0499. The van der Waals surface area contributed by atoms with E-state index in [0.29, 0.717) is 4.83 Å². The van der Waals surface area contributed by atoms with Gasteiger partial charge in [0, 0.05) is 6.42 Å². The largest absolute Gasteiger partial charge is 0.428 e. The highest BCUT2D eigenvalue weighted by atomic mass is 31.2. The third-order valence-electron chi connectivity index (χ3n) is 3.09. The number of aliphatic hydroxyl groups excluding tert-OH is 2. The van der Waals surface area contributed by atoms with Crippen molar-refractivity contribution in [1.82, 2.24) is 4.83 Å². The molecule has 1 saturated heterocycles. The fraction of sp³-hybridized carbons (Fsp3) is 0.500. The van der Waals surface area contributed by atoms with E-state index >= 15 is 0 Å². The topological polar surface area (TPSA) is 120 Å². The van der Waals surface area contributed by atoms with E-state index in [2.05, 4.69) is 0 Å². The number of hydrogen-bond donors (Lipinski definition) is 4. The van der Waals surface area contributed by atoms with Crippen molar-refractivity contribution in [2.24, 2.45) is 0 Å². The van der Waals surface area contributed by atoms with Gasteiger partial charge in [-0.3, -0.25) is 4.84 Å². The minimum Gasteiger partial charge on any atom is -0.394 e. The number of rotatable bonds is 6. The average molecular weight is 319 g/mol. The number of nitrogens with zero attached hydrogens (tertiary/aromatic N) is 1. The van der Waals surface area contributed by atoms with E-state index in [0.717, 1.165) is 5.56 Å². The lowest BCUT2D eigenvalue weighted by Gasteiger charge is -2.27. The molecule has 8 nitrogen and oxygen atoms in total. The van der Waals surface area contributed by atoms with Gasteiger partial charge >= 0.3 is 7.75 Å². The first-order chi connectivity index (χ1) is 9.91. The highest BCUT2D eigenvalue weighted by molar-refractivity contribution is 7.48. The summed E-state index contributed by atoms with van der Waals surface area (Å²) >= 11 is 0. The van der Waals surface area contributed by atoms with E-state index in [-0.39, 0.29) is 13.0 Å². The number of ether oxygens (including phenoxy) is 1. The van der Waals surface area contributed by atoms with Gasteiger partial charge in [-0.2, -0.15) is 0 Å². The molecule has 21 heavy (non-hydrogen) atoms. The van der Waals surface area contributed by atoms with Gasteiger partial charge in [0.1, 0.15) is 12.3 Å². The quantitative estimate of drug-likeness (QED) is 0.427. The van der Waals surface area contributed by atoms with Gasteiger partial charge in [0.25, 0.3) is 0 Å². The molecule has 1 aliphatic rings. The van der Waals surface area contributed by atoms with Crippen LogP contribution in [0, 0.1) is 0 Å². The van der Waals surface area contributed by atoms with Gasteiger partial charge < -0.3 is 24.7 Å². The van der Waals surface area contributed by atoms with Crippen LogP contribution in [0.5, 0.6) is 0 Å². The van der Waals surface area contributed by atoms with Crippen molar-refractivity contribution in [3.63, 3.8) is 0 Å².